The van der Waals surface area contributed by atoms with Crippen molar-refractivity contribution in [1.82, 2.24) is 9.88 Å². The van der Waals surface area contributed by atoms with Crippen LogP contribution in [0.25, 0.3) is 0 Å². The number of hydrogen-bond acceptors (Lipinski definition) is 2. The summed E-state index contributed by atoms with van der Waals surface area (Å²) in [7, 11) is 0. The molecule has 1 aromatic heterocycles. The van der Waals surface area contributed by atoms with Gasteiger partial charge in [0.25, 0.3) is 0 Å². The predicted molar refractivity (Wildman–Crippen MR) is 78.3 cm³/mol. The third-order valence-corrected chi connectivity index (χ3v) is 3.11. The zero-order valence-electron chi connectivity index (χ0n) is 11.7. The van der Waals surface area contributed by atoms with Crippen molar-refractivity contribution in [2.75, 3.05) is 6.61 Å². The standard InChI is InChI=1S/C16H22N2O/c1-3-18-10-6-8-15(18)13-17-12-14-7-5-9-16(11-14)19-4-2/h5-11,17H,3-4,12-13H2,1-2H3. The number of hydrogen-bond donors (Lipinski definition) is 1. The fraction of sp³-hybridized carbons (Fsp3) is 0.375. The van der Waals surface area contributed by atoms with Crippen molar-refractivity contribution in [2.24, 2.45) is 0 Å². The Morgan fingerprint density at radius 3 is 2.79 bits per heavy atom. The summed E-state index contributed by atoms with van der Waals surface area (Å²) in [5.41, 5.74) is 2.57. The minimum absolute atomic E-state index is 0.709. The van der Waals surface area contributed by atoms with E-state index < -0.39 is 0 Å². The maximum Gasteiger partial charge on any atom is 0.119 e. The third-order valence-electron chi connectivity index (χ3n) is 3.11. The normalized spacial score (nSPS) is 10.6. The van der Waals surface area contributed by atoms with Crippen LogP contribution in [0.3, 0.4) is 0 Å². The molecule has 0 aliphatic rings. The van der Waals surface area contributed by atoms with Crippen LogP contribution >= 0.6 is 0 Å². The quantitative estimate of drug-likeness (QED) is 0.825. The van der Waals surface area contributed by atoms with Gasteiger partial charge in [-0.3, -0.25) is 0 Å². The van der Waals surface area contributed by atoms with E-state index in [2.05, 4.69) is 47.3 Å². The van der Waals surface area contributed by atoms with Gasteiger partial charge in [0.15, 0.2) is 0 Å². The first-order chi connectivity index (χ1) is 9.33. The minimum atomic E-state index is 0.709. The average molecular weight is 258 g/mol. The van der Waals surface area contributed by atoms with Gasteiger partial charge < -0.3 is 14.6 Å². The van der Waals surface area contributed by atoms with E-state index in [9.17, 15) is 0 Å². The Morgan fingerprint density at radius 1 is 1.11 bits per heavy atom. The predicted octanol–water partition coefficient (Wildman–Crippen LogP) is 3.20. The second-order valence-electron chi connectivity index (χ2n) is 4.47. The lowest BCUT2D eigenvalue weighted by atomic mass is 10.2. The summed E-state index contributed by atoms with van der Waals surface area (Å²) < 4.78 is 7.76. The molecule has 19 heavy (non-hydrogen) atoms. The van der Waals surface area contributed by atoms with Crippen LogP contribution in [0, 0.1) is 0 Å². The molecule has 1 aromatic carbocycles. The van der Waals surface area contributed by atoms with Crippen molar-refractivity contribution in [1.29, 1.82) is 0 Å². The van der Waals surface area contributed by atoms with Gasteiger partial charge >= 0.3 is 0 Å². The molecule has 0 bridgehead atoms. The summed E-state index contributed by atoms with van der Waals surface area (Å²) in [6.07, 6.45) is 2.12. The van der Waals surface area contributed by atoms with Gasteiger partial charge in [-0.05, 0) is 43.7 Å². The minimum Gasteiger partial charge on any atom is -0.494 e. The monoisotopic (exact) mass is 258 g/mol. The second-order valence-corrected chi connectivity index (χ2v) is 4.47. The van der Waals surface area contributed by atoms with E-state index in [-0.39, 0.29) is 0 Å². The van der Waals surface area contributed by atoms with E-state index in [4.69, 9.17) is 4.74 Å². The van der Waals surface area contributed by atoms with Gasteiger partial charge in [-0.15, -0.1) is 0 Å². The van der Waals surface area contributed by atoms with Gasteiger partial charge in [0.05, 0.1) is 6.61 Å². The molecule has 102 valence electrons. The highest BCUT2D eigenvalue weighted by atomic mass is 16.5. The van der Waals surface area contributed by atoms with E-state index in [1.165, 1.54) is 11.3 Å². The van der Waals surface area contributed by atoms with Gasteiger partial charge in [0.2, 0.25) is 0 Å². The first kappa shape index (κ1) is 13.7. The molecule has 0 aliphatic carbocycles. The molecule has 0 aliphatic heterocycles. The fourth-order valence-electron chi connectivity index (χ4n) is 2.17. The summed E-state index contributed by atoms with van der Waals surface area (Å²) >= 11 is 0. The van der Waals surface area contributed by atoms with Crippen LogP contribution in [-0.4, -0.2) is 11.2 Å². The largest absolute Gasteiger partial charge is 0.494 e. The van der Waals surface area contributed by atoms with Crippen molar-refractivity contribution >= 4 is 0 Å². The van der Waals surface area contributed by atoms with Crippen molar-refractivity contribution in [3.8, 4) is 5.75 Å². The zero-order chi connectivity index (χ0) is 13.5. The molecular weight excluding hydrogens is 236 g/mol. The van der Waals surface area contributed by atoms with Crippen molar-refractivity contribution < 1.29 is 4.74 Å². The van der Waals surface area contributed by atoms with E-state index in [0.29, 0.717) is 6.61 Å². The smallest absolute Gasteiger partial charge is 0.119 e. The van der Waals surface area contributed by atoms with Crippen LogP contribution in [0.5, 0.6) is 5.75 Å². The highest BCUT2D eigenvalue weighted by Gasteiger charge is 2.00. The Kier molecular flexibility index (Phi) is 5.04. The number of rotatable bonds is 7. The number of benzene rings is 1. The summed E-state index contributed by atoms with van der Waals surface area (Å²) in [5.74, 6) is 0.943. The third kappa shape index (κ3) is 3.86. The molecule has 3 nitrogen and oxygen atoms in total. The lowest BCUT2D eigenvalue weighted by Crippen LogP contribution is -2.15. The first-order valence-electron chi connectivity index (χ1n) is 6.90. The van der Waals surface area contributed by atoms with E-state index >= 15 is 0 Å². The molecule has 3 heteroatoms. The molecule has 0 atom stereocenters. The molecule has 0 fully saturated rings. The van der Waals surface area contributed by atoms with Crippen LogP contribution in [-0.2, 0) is 19.6 Å². The van der Waals surface area contributed by atoms with E-state index in [1.807, 2.05) is 19.1 Å². The summed E-state index contributed by atoms with van der Waals surface area (Å²) in [4.78, 5) is 0. The number of nitrogens with one attached hydrogen (secondary N) is 1. The maximum atomic E-state index is 5.50. The van der Waals surface area contributed by atoms with Gasteiger partial charge in [0.1, 0.15) is 5.75 Å². The second kappa shape index (κ2) is 7.00. The van der Waals surface area contributed by atoms with Crippen molar-refractivity contribution in [2.45, 2.75) is 33.5 Å². The van der Waals surface area contributed by atoms with E-state index in [1.54, 1.807) is 0 Å². The number of ether oxygens (including phenoxy) is 1. The molecule has 0 amide bonds. The van der Waals surface area contributed by atoms with Crippen LogP contribution in [0.2, 0.25) is 0 Å². The summed E-state index contributed by atoms with van der Waals surface area (Å²) in [5, 5.41) is 3.47. The molecular formula is C16H22N2O. The molecule has 0 saturated carbocycles. The lowest BCUT2D eigenvalue weighted by molar-refractivity contribution is 0.340. The van der Waals surface area contributed by atoms with Crippen LogP contribution in [0.4, 0.5) is 0 Å². The molecule has 1 N–H and O–H groups in total. The highest BCUT2D eigenvalue weighted by Crippen LogP contribution is 2.13. The Balaban J connectivity index is 1.87. The highest BCUT2D eigenvalue weighted by molar-refractivity contribution is 5.28. The molecule has 0 radical (unpaired) electrons. The van der Waals surface area contributed by atoms with Crippen LogP contribution < -0.4 is 10.1 Å². The van der Waals surface area contributed by atoms with Gasteiger partial charge in [0, 0.05) is 31.5 Å². The summed E-state index contributed by atoms with van der Waals surface area (Å²) in [6, 6.07) is 12.5. The van der Waals surface area contributed by atoms with Gasteiger partial charge in [-0.1, -0.05) is 12.1 Å². The molecule has 2 aromatic rings. The summed E-state index contributed by atoms with van der Waals surface area (Å²) in [6.45, 7) is 7.64. The van der Waals surface area contributed by atoms with Gasteiger partial charge in [-0.2, -0.15) is 0 Å². The Morgan fingerprint density at radius 2 is 2.00 bits per heavy atom. The number of nitrogens with zero attached hydrogens (tertiary/aromatic N) is 1. The fourth-order valence-corrected chi connectivity index (χ4v) is 2.17. The number of aromatic nitrogens is 1. The molecule has 0 saturated heterocycles. The molecule has 0 unspecified atom stereocenters. The van der Waals surface area contributed by atoms with Crippen molar-refractivity contribution in [3.05, 3.63) is 53.9 Å². The molecule has 2 rings (SSSR count). The lowest BCUT2D eigenvalue weighted by Gasteiger charge is -2.09. The average Bonchev–Trinajstić information content (AvgIpc) is 2.87. The van der Waals surface area contributed by atoms with Gasteiger partial charge in [-0.25, -0.2) is 0 Å². The van der Waals surface area contributed by atoms with Crippen molar-refractivity contribution in [3.63, 3.8) is 0 Å². The van der Waals surface area contributed by atoms with Crippen LogP contribution in [0.15, 0.2) is 42.6 Å². The Bertz CT molecular complexity index is 505. The Hall–Kier alpha value is -1.74. The first-order valence-corrected chi connectivity index (χ1v) is 6.90. The SMILES string of the molecule is CCOc1cccc(CNCc2cccn2CC)c1. The molecule has 1 heterocycles. The Labute approximate surface area is 115 Å². The van der Waals surface area contributed by atoms with Crippen LogP contribution in [0.1, 0.15) is 25.1 Å². The number of aryl methyl sites for hydroxylation is 1. The van der Waals surface area contributed by atoms with E-state index in [0.717, 1.165) is 25.4 Å². The molecule has 0 spiro atoms. The zero-order valence-corrected chi connectivity index (χ0v) is 11.7. The topological polar surface area (TPSA) is 26.2 Å². The maximum absolute atomic E-state index is 5.50.